The number of carbonyl (C=O) groups is 4. The monoisotopic (exact) mass is 350 g/mol. The molecule has 2 N–H and O–H groups in total. The number of nitrogens with one attached hydrogen (secondary N) is 2. The highest BCUT2D eigenvalue weighted by molar-refractivity contribution is 5.97. The van der Waals surface area contributed by atoms with Crippen molar-refractivity contribution in [3.05, 3.63) is 29.8 Å². The first-order valence-corrected chi connectivity index (χ1v) is 7.62. The summed E-state index contributed by atoms with van der Waals surface area (Å²) in [6.45, 7) is 2.97. The van der Waals surface area contributed by atoms with E-state index >= 15 is 0 Å². The maximum absolute atomic E-state index is 12.3. The van der Waals surface area contributed by atoms with E-state index in [1.165, 1.54) is 33.3 Å². The molecule has 0 unspecified atom stereocenters. The SMILES string of the molecule is COC(=O)[C@H](C)C[C@@H](NC(=O)c1ccc(NC(C)=O)cc1)C(=O)OC. The van der Waals surface area contributed by atoms with E-state index in [0.717, 1.165) is 0 Å². The number of methoxy groups -OCH3 is 2. The minimum Gasteiger partial charge on any atom is -0.469 e. The number of hydrogen-bond acceptors (Lipinski definition) is 6. The maximum Gasteiger partial charge on any atom is 0.328 e. The lowest BCUT2D eigenvalue weighted by Crippen LogP contribution is -2.43. The van der Waals surface area contributed by atoms with Gasteiger partial charge in [0.2, 0.25) is 5.91 Å². The molecule has 0 saturated carbocycles. The van der Waals surface area contributed by atoms with Gasteiger partial charge in [-0.1, -0.05) is 6.92 Å². The molecule has 0 saturated heterocycles. The van der Waals surface area contributed by atoms with Gasteiger partial charge >= 0.3 is 11.9 Å². The van der Waals surface area contributed by atoms with Crippen LogP contribution in [-0.2, 0) is 23.9 Å². The van der Waals surface area contributed by atoms with E-state index in [0.29, 0.717) is 11.3 Å². The molecule has 0 aliphatic heterocycles. The largest absolute Gasteiger partial charge is 0.469 e. The smallest absolute Gasteiger partial charge is 0.328 e. The van der Waals surface area contributed by atoms with Crippen LogP contribution in [0.5, 0.6) is 0 Å². The highest BCUT2D eigenvalue weighted by atomic mass is 16.5. The van der Waals surface area contributed by atoms with Gasteiger partial charge in [-0.3, -0.25) is 14.4 Å². The Morgan fingerprint density at radius 1 is 1.00 bits per heavy atom. The fourth-order valence-electron chi connectivity index (χ4n) is 2.16. The molecule has 2 atom stereocenters. The van der Waals surface area contributed by atoms with Gasteiger partial charge in [-0.15, -0.1) is 0 Å². The van der Waals surface area contributed by atoms with Gasteiger partial charge in [0.1, 0.15) is 6.04 Å². The summed E-state index contributed by atoms with van der Waals surface area (Å²) in [5.41, 5.74) is 0.849. The quantitative estimate of drug-likeness (QED) is 0.713. The summed E-state index contributed by atoms with van der Waals surface area (Å²) >= 11 is 0. The fraction of sp³-hybridized carbons (Fsp3) is 0.412. The van der Waals surface area contributed by atoms with Crippen LogP contribution in [-0.4, -0.2) is 44.0 Å². The second-order valence-electron chi connectivity index (χ2n) is 5.47. The van der Waals surface area contributed by atoms with Crippen molar-refractivity contribution < 1.29 is 28.7 Å². The van der Waals surface area contributed by atoms with Crippen LogP contribution in [0.3, 0.4) is 0 Å². The summed E-state index contributed by atoms with van der Waals surface area (Å²) in [6, 6.07) is 5.18. The molecule has 0 fully saturated rings. The van der Waals surface area contributed by atoms with Crippen molar-refractivity contribution in [1.82, 2.24) is 5.32 Å². The topological polar surface area (TPSA) is 111 Å². The lowest BCUT2D eigenvalue weighted by molar-refractivity contribution is -0.147. The molecular weight excluding hydrogens is 328 g/mol. The van der Waals surface area contributed by atoms with Gasteiger partial charge in [0, 0.05) is 18.2 Å². The van der Waals surface area contributed by atoms with Crippen molar-refractivity contribution in [1.29, 1.82) is 0 Å². The average molecular weight is 350 g/mol. The fourth-order valence-corrected chi connectivity index (χ4v) is 2.16. The van der Waals surface area contributed by atoms with E-state index in [1.54, 1.807) is 19.1 Å². The molecule has 1 rings (SSSR count). The summed E-state index contributed by atoms with van der Waals surface area (Å²) in [6.07, 6.45) is 0.0507. The van der Waals surface area contributed by atoms with Crippen molar-refractivity contribution in [2.45, 2.75) is 26.3 Å². The third-order valence-corrected chi connectivity index (χ3v) is 3.45. The van der Waals surface area contributed by atoms with Gasteiger partial charge < -0.3 is 20.1 Å². The van der Waals surface area contributed by atoms with Crippen LogP contribution in [0.25, 0.3) is 0 Å². The minimum atomic E-state index is -0.985. The zero-order chi connectivity index (χ0) is 19.0. The molecule has 0 bridgehead atoms. The summed E-state index contributed by atoms with van der Waals surface area (Å²) in [5, 5.41) is 5.13. The Bertz CT molecular complexity index is 641. The zero-order valence-corrected chi connectivity index (χ0v) is 14.6. The van der Waals surface area contributed by atoms with Crippen molar-refractivity contribution in [2.75, 3.05) is 19.5 Å². The summed E-state index contributed by atoms with van der Waals surface area (Å²) in [4.78, 5) is 46.7. The minimum absolute atomic E-state index is 0.0507. The predicted molar refractivity (Wildman–Crippen MR) is 89.8 cm³/mol. The number of benzene rings is 1. The highest BCUT2D eigenvalue weighted by Gasteiger charge is 2.27. The lowest BCUT2D eigenvalue weighted by Gasteiger charge is -2.19. The summed E-state index contributed by atoms with van der Waals surface area (Å²) in [5.74, 6) is -2.44. The second kappa shape index (κ2) is 9.41. The third-order valence-electron chi connectivity index (χ3n) is 3.45. The van der Waals surface area contributed by atoms with Crippen LogP contribution in [0.15, 0.2) is 24.3 Å². The molecule has 25 heavy (non-hydrogen) atoms. The van der Waals surface area contributed by atoms with E-state index in [2.05, 4.69) is 20.1 Å². The van der Waals surface area contributed by atoms with Crippen LogP contribution >= 0.6 is 0 Å². The van der Waals surface area contributed by atoms with E-state index in [1.807, 2.05) is 0 Å². The molecule has 136 valence electrons. The van der Waals surface area contributed by atoms with Gasteiger partial charge in [0.25, 0.3) is 5.91 Å². The number of ether oxygens (including phenoxy) is 2. The van der Waals surface area contributed by atoms with Crippen molar-refractivity contribution in [3.8, 4) is 0 Å². The Morgan fingerprint density at radius 3 is 2.04 bits per heavy atom. The number of rotatable bonds is 7. The lowest BCUT2D eigenvalue weighted by atomic mass is 10.0. The zero-order valence-electron chi connectivity index (χ0n) is 14.6. The Hall–Kier alpha value is -2.90. The van der Waals surface area contributed by atoms with Gasteiger partial charge in [-0.05, 0) is 30.7 Å². The molecule has 1 aromatic carbocycles. The molecule has 0 heterocycles. The van der Waals surface area contributed by atoms with Crippen molar-refractivity contribution in [3.63, 3.8) is 0 Å². The van der Waals surface area contributed by atoms with Gasteiger partial charge in [-0.25, -0.2) is 4.79 Å². The Morgan fingerprint density at radius 2 is 1.56 bits per heavy atom. The Kier molecular flexibility index (Phi) is 7.58. The molecule has 0 aliphatic rings. The first kappa shape index (κ1) is 20.1. The van der Waals surface area contributed by atoms with E-state index < -0.39 is 29.8 Å². The van der Waals surface area contributed by atoms with Gasteiger partial charge in [0.05, 0.1) is 20.1 Å². The number of esters is 2. The first-order chi connectivity index (χ1) is 11.8. The second-order valence-corrected chi connectivity index (χ2v) is 5.47. The molecule has 0 spiro atoms. The van der Waals surface area contributed by atoms with E-state index in [-0.39, 0.29) is 12.3 Å². The molecule has 8 nitrogen and oxygen atoms in total. The standard InChI is InChI=1S/C17H22N2O6/c1-10(16(22)24-3)9-14(17(23)25-4)19-15(21)12-5-7-13(8-6-12)18-11(2)20/h5-8,10,14H,9H2,1-4H3,(H,18,20)(H,19,21)/t10-,14-/m1/s1. The van der Waals surface area contributed by atoms with Crippen molar-refractivity contribution >= 4 is 29.4 Å². The third kappa shape index (κ3) is 6.25. The normalized spacial score (nSPS) is 12.5. The summed E-state index contributed by atoms with van der Waals surface area (Å²) < 4.78 is 9.30. The number of amides is 2. The highest BCUT2D eigenvalue weighted by Crippen LogP contribution is 2.12. The number of hydrogen-bond donors (Lipinski definition) is 2. The maximum atomic E-state index is 12.3. The van der Waals surface area contributed by atoms with Crippen LogP contribution in [0.2, 0.25) is 0 Å². The van der Waals surface area contributed by atoms with Gasteiger partial charge in [0.15, 0.2) is 0 Å². The molecule has 8 heteroatoms. The molecule has 2 amide bonds. The predicted octanol–water partition coefficient (Wildman–Crippen LogP) is 1.12. The summed E-state index contributed by atoms with van der Waals surface area (Å²) in [7, 11) is 2.45. The van der Waals surface area contributed by atoms with Crippen LogP contribution in [0.4, 0.5) is 5.69 Å². The van der Waals surface area contributed by atoms with Gasteiger partial charge in [-0.2, -0.15) is 0 Å². The number of anilines is 1. The molecule has 0 aliphatic carbocycles. The van der Waals surface area contributed by atoms with E-state index in [4.69, 9.17) is 0 Å². The average Bonchev–Trinajstić information content (AvgIpc) is 2.59. The molecule has 0 aromatic heterocycles. The van der Waals surface area contributed by atoms with Crippen LogP contribution in [0.1, 0.15) is 30.6 Å². The molecule has 0 radical (unpaired) electrons. The Balaban J connectivity index is 2.82. The molecular formula is C17H22N2O6. The molecule has 1 aromatic rings. The van der Waals surface area contributed by atoms with Crippen molar-refractivity contribution in [2.24, 2.45) is 5.92 Å². The van der Waals surface area contributed by atoms with E-state index in [9.17, 15) is 19.2 Å². The van der Waals surface area contributed by atoms with Crippen LogP contribution < -0.4 is 10.6 Å². The van der Waals surface area contributed by atoms with Crippen LogP contribution in [0, 0.1) is 5.92 Å². The first-order valence-electron chi connectivity index (χ1n) is 7.62. The Labute approximate surface area is 145 Å². The number of carbonyl (C=O) groups excluding carboxylic acids is 4.